The summed E-state index contributed by atoms with van der Waals surface area (Å²) in [6.45, 7) is 3.98. The SMILES string of the molecule is CCN(Cc1ccncc1)C(=O)N1CCC[C@@H](C(=O)O)C1. The molecule has 1 aromatic rings. The van der Waals surface area contributed by atoms with Gasteiger partial charge in [-0.15, -0.1) is 0 Å². The number of nitrogens with zero attached hydrogens (tertiary/aromatic N) is 3. The minimum Gasteiger partial charge on any atom is -0.481 e. The maximum Gasteiger partial charge on any atom is 0.320 e. The molecule has 0 unspecified atom stereocenters. The van der Waals surface area contributed by atoms with Gasteiger partial charge in [0.05, 0.1) is 5.92 Å². The third kappa shape index (κ3) is 3.93. The number of carboxylic acids is 1. The molecule has 2 heterocycles. The van der Waals surface area contributed by atoms with Gasteiger partial charge in [-0.3, -0.25) is 9.78 Å². The summed E-state index contributed by atoms with van der Waals surface area (Å²) in [6.07, 6.45) is 4.80. The quantitative estimate of drug-likeness (QED) is 0.918. The van der Waals surface area contributed by atoms with Crippen molar-refractivity contribution in [2.45, 2.75) is 26.3 Å². The predicted octanol–water partition coefficient (Wildman–Crippen LogP) is 1.82. The highest BCUT2D eigenvalue weighted by Gasteiger charge is 2.30. The first kappa shape index (κ1) is 15.3. The van der Waals surface area contributed by atoms with Crippen LogP contribution in [-0.2, 0) is 11.3 Å². The Morgan fingerprint density at radius 3 is 2.76 bits per heavy atom. The molecule has 114 valence electrons. The highest BCUT2D eigenvalue weighted by molar-refractivity contribution is 5.76. The van der Waals surface area contributed by atoms with Gasteiger partial charge in [-0.05, 0) is 37.5 Å². The molecule has 0 bridgehead atoms. The number of carbonyl (C=O) groups is 2. The van der Waals surface area contributed by atoms with E-state index in [0.29, 0.717) is 32.6 Å². The number of pyridine rings is 1. The van der Waals surface area contributed by atoms with Crippen LogP contribution in [0.25, 0.3) is 0 Å². The molecule has 1 aromatic heterocycles. The molecule has 0 aromatic carbocycles. The van der Waals surface area contributed by atoms with Gasteiger partial charge >= 0.3 is 12.0 Å². The number of hydrogen-bond acceptors (Lipinski definition) is 3. The van der Waals surface area contributed by atoms with E-state index in [1.807, 2.05) is 19.1 Å². The topological polar surface area (TPSA) is 73.7 Å². The fourth-order valence-corrected chi connectivity index (χ4v) is 2.58. The molecule has 1 aliphatic heterocycles. The highest BCUT2D eigenvalue weighted by Crippen LogP contribution is 2.18. The summed E-state index contributed by atoms with van der Waals surface area (Å²) in [6, 6.07) is 3.68. The van der Waals surface area contributed by atoms with Crippen LogP contribution in [0.15, 0.2) is 24.5 Å². The zero-order valence-corrected chi connectivity index (χ0v) is 12.2. The second-order valence-corrected chi connectivity index (χ2v) is 5.28. The lowest BCUT2D eigenvalue weighted by Gasteiger charge is -2.34. The van der Waals surface area contributed by atoms with Crippen LogP contribution in [0.3, 0.4) is 0 Å². The Kier molecular flexibility index (Phi) is 5.14. The predicted molar refractivity (Wildman–Crippen MR) is 77.6 cm³/mol. The van der Waals surface area contributed by atoms with Gasteiger partial charge in [0.1, 0.15) is 0 Å². The first-order valence-corrected chi connectivity index (χ1v) is 7.27. The van der Waals surface area contributed by atoms with Crippen LogP contribution in [-0.4, -0.2) is 51.5 Å². The van der Waals surface area contributed by atoms with E-state index in [4.69, 9.17) is 5.11 Å². The molecule has 6 nitrogen and oxygen atoms in total. The molecule has 0 aliphatic carbocycles. The van der Waals surface area contributed by atoms with Crippen LogP contribution in [0, 0.1) is 5.92 Å². The van der Waals surface area contributed by atoms with Crippen molar-refractivity contribution >= 4 is 12.0 Å². The van der Waals surface area contributed by atoms with Crippen molar-refractivity contribution in [3.8, 4) is 0 Å². The van der Waals surface area contributed by atoms with Crippen LogP contribution in [0.5, 0.6) is 0 Å². The molecular weight excluding hydrogens is 270 g/mol. The first-order chi connectivity index (χ1) is 10.1. The number of likely N-dealkylation sites (tertiary alicyclic amines) is 1. The molecule has 21 heavy (non-hydrogen) atoms. The smallest absolute Gasteiger partial charge is 0.320 e. The van der Waals surface area contributed by atoms with Crippen LogP contribution >= 0.6 is 0 Å². The van der Waals surface area contributed by atoms with E-state index in [1.54, 1.807) is 22.2 Å². The molecule has 2 rings (SSSR count). The molecule has 1 saturated heterocycles. The summed E-state index contributed by atoms with van der Waals surface area (Å²) < 4.78 is 0. The molecule has 1 fully saturated rings. The lowest BCUT2D eigenvalue weighted by atomic mass is 9.98. The number of urea groups is 1. The van der Waals surface area contributed by atoms with Crippen molar-refractivity contribution in [1.82, 2.24) is 14.8 Å². The molecule has 1 N–H and O–H groups in total. The minimum atomic E-state index is -0.815. The van der Waals surface area contributed by atoms with Crippen molar-refractivity contribution in [3.63, 3.8) is 0 Å². The normalized spacial score (nSPS) is 18.3. The molecular formula is C15H21N3O3. The molecule has 1 aliphatic rings. The largest absolute Gasteiger partial charge is 0.481 e. The number of aliphatic carboxylic acids is 1. The van der Waals surface area contributed by atoms with Gasteiger partial charge in [0, 0.05) is 38.6 Å². The van der Waals surface area contributed by atoms with Crippen LogP contribution in [0.4, 0.5) is 4.79 Å². The maximum atomic E-state index is 12.5. The van der Waals surface area contributed by atoms with E-state index < -0.39 is 11.9 Å². The van der Waals surface area contributed by atoms with E-state index in [2.05, 4.69) is 4.98 Å². The van der Waals surface area contributed by atoms with Gasteiger partial charge in [-0.25, -0.2) is 4.79 Å². The van der Waals surface area contributed by atoms with Crippen molar-refractivity contribution in [2.75, 3.05) is 19.6 Å². The number of piperidine rings is 1. The summed E-state index contributed by atoms with van der Waals surface area (Å²) in [4.78, 5) is 31.0. The lowest BCUT2D eigenvalue weighted by molar-refractivity contribution is -0.143. The molecule has 2 amide bonds. The zero-order valence-electron chi connectivity index (χ0n) is 12.2. The molecule has 1 atom stereocenters. The van der Waals surface area contributed by atoms with Crippen LogP contribution in [0.2, 0.25) is 0 Å². The summed E-state index contributed by atoms with van der Waals surface area (Å²) in [5.74, 6) is -1.26. The fourth-order valence-electron chi connectivity index (χ4n) is 2.58. The van der Waals surface area contributed by atoms with Gasteiger partial charge in [-0.1, -0.05) is 0 Å². The van der Waals surface area contributed by atoms with Gasteiger partial charge in [0.15, 0.2) is 0 Å². The zero-order chi connectivity index (χ0) is 15.2. The molecule has 6 heteroatoms. The Labute approximate surface area is 124 Å². The van der Waals surface area contributed by atoms with Crippen molar-refractivity contribution in [2.24, 2.45) is 5.92 Å². The Bertz CT molecular complexity index is 492. The Morgan fingerprint density at radius 2 is 2.14 bits per heavy atom. The fraction of sp³-hybridized carbons (Fsp3) is 0.533. The van der Waals surface area contributed by atoms with E-state index in [-0.39, 0.29) is 6.03 Å². The van der Waals surface area contributed by atoms with E-state index in [9.17, 15) is 9.59 Å². The monoisotopic (exact) mass is 291 g/mol. The number of rotatable bonds is 4. The summed E-state index contributed by atoms with van der Waals surface area (Å²) in [5.41, 5.74) is 1.02. The second kappa shape index (κ2) is 7.06. The Balaban J connectivity index is 2.00. The number of aromatic nitrogens is 1. The highest BCUT2D eigenvalue weighted by atomic mass is 16.4. The van der Waals surface area contributed by atoms with Gasteiger partial charge < -0.3 is 14.9 Å². The van der Waals surface area contributed by atoms with Gasteiger partial charge in [-0.2, -0.15) is 0 Å². The average molecular weight is 291 g/mol. The standard InChI is InChI=1S/C15H21N3O3/c1-2-17(10-12-5-7-16-8-6-12)15(21)18-9-3-4-13(11-18)14(19)20/h5-8,13H,2-4,9-11H2,1H3,(H,19,20)/t13-/m1/s1. The average Bonchev–Trinajstić information content (AvgIpc) is 2.53. The van der Waals surface area contributed by atoms with Crippen LogP contribution < -0.4 is 0 Å². The van der Waals surface area contributed by atoms with Crippen molar-refractivity contribution < 1.29 is 14.7 Å². The van der Waals surface area contributed by atoms with Crippen molar-refractivity contribution in [1.29, 1.82) is 0 Å². The third-order valence-electron chi connectivity index (χ3n) is 3.82. The first-order valence-electron chi connectivity index (χ1n) is 7.27. The van der Waals surface area contributed by atoms with Gasteiger partial charge in [0.25, 0.3) is 0 Å². The number of carboxylic acid groups (broad SMARTS) is 1. The maximum absolute atomic E-state index is 12.5. The minimum absolute atomic E-state index is 0.0831. The number of amides is 2. The van der Waals surface area contributed by atoms with E-state index in [0.717, 1.165) is 12.0 Å². The summed E-state index contributed by atoms with van der Waals surface area (Å²) in [5, 5.41) is 9.11. The number of hydrogen-bond donors (Lipinski definition) is 1. The molecule has 0 saturated carbocycles. The van der Waals surface area contributed by atoms with Crippen molar-refractivity contribution in [3.05, 3.63) is 30.1 Å². The Hall–Kier alpha value is -2.11. The van der Waals surface area contributed by atoms with Crippen LogP contribution in [0.1, 0.15) is 25.3 Å². The van der Waals surface area contributed by atoms with E-state index in [1.165, 1.54) is 0 Å². The van der Waals surface area contributed by atoms with E-state index >= 15 is 0 Å². The molecule has 0 radical (unpaired) electrons. The number of carbonyl (C=O) groups excluding carboxylic acids is 1. The Morgan fingerprint density at radius 1 is 1.43 bits per heavy atom. The second-order valence-electron chi connectivity index (χ2n) is 5.28. The summed E-state index contributed by atoms with van der Waals surface area (Å²) >= 11 is 0. The third-order valence-corrected chi connectivity index (χ3v) is 3.82. The lowest BCUT2D eigenvalue weighted by Crippen LogP contribution is -2.48. The van der Waals surface area contributed by atoms with Gasteiger partial charge in [0.2, 0.25) is 0 Å². The summed E-state index contributed by atoms with van der Waals surface area (Å²) in [7, 11) is 0. The molecule has 0 spiro atoms.